The van der Waals surface area contributed by atoms with Gasteiger partial charge in [0.2, 0.25) is 0 Å². The molecule has 2 heterocycles. The molecule has 4 heteroatoms. The fourth-order valence-corrected chi connectivity index (χ4v) is 2.14. The number of fused-ring (bicyclic) bond motifs is 1. The van der Waals surface area contributed by atoms with E-state index < -0.39 is 0 Å². The summed E-state index contributed by atoms with van der Waals surface area (Å²) in [5, 5.41) is -0.122. The Morgan fingerprint density at radius 3 is 2.41 bits per heavy atom. The first-order valence-corrected chi connectivity index (χ1v) is 6.25. The van der Waals surface area contributed by atoms with E-state index in [0.29, 0.717) is 0 Å². The number of aryl methyl sites for hydroxylation is 1. The van der Waals surface area contributed by atoms with E-state index in [9.17, 15) is 0 Å². The van der Waals surface area contributed by atoms with Crippen LogP contribution in [0.15, 0.2) is 12.1 Å². The minimum atomic E-state index is -0.122. The zero-order chi connectivity index (χ0) is 12.8. The van der Waals surface area contributed by atoms with Gasteiger partial charge in [-0.15, -0.1) is 11.6 Å². The van der Waals surface area contributed by atoms with Gasteiger partial charge >= 0.3 is 0 Å². The zero-order valence-electron chi connectivity index (χ0n) is 11.0. The number of nitrogens with zero attached hydrogens (tertiary/aromatic N) is 3. The van der Waals surface area contributed by atoms with Crippen LogP contribution in [-0.4, -0.2) is 14.5 Å². The Kier molecular flexibility index (Phi) is 2.90. The fraction of sp³-hybridized carbons (Fsp3) is 0.538. The summed E-state index contributed by atoms with van der Waals surface area (Å²) in [4.78, 5) is 9.18. The van der Waals surface area contributed by atoms with Crippen LogP contribution in [0.5, 0.6) is 0 Å². The molecule has 0 aliphatic rings. The molecule has 92 valence electrons. The maximum atomic E-state index is 6.21. The normalized spacial score (nSPS) is 14.2. The van der Waals surface area contributed by atoms with Crippen molar-refractivity contribution in [2.45, 2.75) is 45.5 Å². The van der Waals surface area contributed by atoms with E-state index in [4.69, 9.17) is 11.6 Å². The molecule has 17 heavy (non-hydrogen) atoms. The highest BCUT2D eigenvalue weighted by Gasteiger charge is 2.24. The van der Waals surface area contributed by atoms with Crippen LogP contribution in [0, 0.1) is 6.92 Å². The van der Waals surface area contributed by atoms with Crippen molar-refractivity contribution in [3.63, 3.8) is 0 Å². The number of alkyl halides is 1. The van der Waals surface area contributed by atoms with Crippen LogP contribution >= 0.6 is 11.6 Å². The van der Waals surface area contributed by atoms with E-state index in [-0.39, 0.29) is 10.9 Å². The van der Waals surface area contributed by atoms with E-state index >= 15 is 0 Å². The van der Waals surface area contributed by atoms with Gasteiger partial charge in [0.05, 0.1) is 5.38 Å². The van der Waals surface area contributed by atoms with Crippen molar-refractivity contribution in [3.8, 4) is 0 Å². The van der Waals surface area contributed by atoms with Gasteiger partial charge in [-0.3, -0.25) is 0 Å². The summed E-state index contributed by atoms with van der Waals surface area (Å²) >= 11 is 6.21. The summed E-state index contributed by atoms with van der Waals surface area (Å²) in [6, 6.07) is 3.98. The monoisotopic (exact) mass is 251 g/mol. The molecule has 0 saturated carbocycles. The number of imidazole rings is 1. The second kappa shape index (κ2) is 3.98. The molecule has 0 aliphatic carbocycles. The lowest BCUT2D eigenvalue weighted by Gasteiger charge is -2.24. The van der Waals surface area contributed by atoms with E-state index in [1.807, 2.05) is 26.0 Å². The van der Waals surface area contributed by atoms with Gasteiger partial charge in [-0.1, -0.05) is 0 Å². The first-order chi connectivity index (χ1) is 7.80. The van der Waals surface area contributed by atoms with Crippen LogP contribution in [0.3, 0.4) is 0 Å². The third-order valence-electron chi connectivity index (χ3n) is 2.70. The number of rotatable bonds is 1. The Morgan fingerprint density at radius 1 is 1.24 bits per heavy atom. The third kappa shape index (κ3) is 2.16. The van der Waals surface area contributed by atoms with Gasteiger partial charge in [-0.25, -0.2) is 9.97 Å². The van der Waals surface area contributed by atoms with E-state index in [2.05, 4.69) is 35.3 Å². The summed E-state index contributed by atoms with van der Waals surface area (Å²) in [6.45, 7) is 10.4. The topological polar surface area (TPSA) is 30.7 Å². The summed E-state index contributed by atoms with van der Waals surface area (Å²) in [7, 11) is 0. The lowest BCUT2D eigenvalue weighted by Crippen LogP contribution is -2.24. The van der Waals surface area contributed by atoms with Crippen molar-refractivity contribution in [2.24, 2.45) is 0 Å². The largest absolute Gasteiger partial charge is 0.306 e. The molecule has 0 aliphatic heterocycles. The second-order valence-electron chi connectivity index (χ2n) is 5.39. The Balaban J connectivity index is 2.83. The molecule has 0 saturated heterocycles. The number of halogens is 1. The number of aromatic nitrogens is 3. The Labute approximate surface area is 107 Å². The minimum absolute atomic E-state index is 0.0754. The molecule has 0 N–H and O–H groups in total. The molecule has 2 aromatic heterocycles. The molecule has 0 radical (unpaired) electrons. The van der Waals surface area contributed by atoms with Crippen molar-refractivity contribution in [2.75, 3.05) is 0 Å². The van der Waals surface area contributed by atoms with Gasteiger partial charge in [0.25, 0.3) is 0 Å². The van der Waals surface area contributed by atoms with Crippen LogP contribution in [-0.2, 0) is 5.54 Å². The molecule has 0 bridgehead atoms. The van der Waals surface area contributed by atoms with Gasteiger partial charge in [0, 0.05) is 11.2 Å². The third-order valence-corrected chi connectivity index (χ3v) is 2.89. The molecule has 3 nitrogen and oxygen atoms in total. The van der Waals surface area contributed by atoms with Crippen LogP contribution in [0.1, 0.15) is 44.6 Å². The predicted octanol–water partition coefficient (Wildman–Crippen LogP) is 3.79. The van der Waals surface area contributed by atoms with Crippen molar-refractivity contribution >= 4 is 22.8 Å². The summed E-state index contributed by atoms with van der Waals surface area (Å²) < 4.78 is 2.13. The Bertz CT molecular complexity index is 550. The average Bonchev–Trinajstić information content (AvgIpc) is 2.55. The Morgan fingerprint density at radius 2 is 1.88 bits per heavy atom. The van der Waals surface area contributed by atoms with Crippen molar-refractivity contribution < 1.29 is 0 Å². The quantitative estimate of drug-likeness (QED) is 0.722. The molecular formula is C13H18ClN3. The second-order valence-corrected chi connectivity index (χ2v) is 6.04. The van der Waals surface area contributed by atoms with E-state index in [1.54, 1.807) is 0 Å². The first-order valence-electron chi connectivity index (χ1n) is 5.81. The van der Waals surface area contributed by atoms with E-state index in [0.717, 1.165) is 22.7 Å². The average molecular weight is 252 g/mol. The van der Waals surface area contributed by atoms with Gasteiger partial charge in [-0.2, -0.15) is 0 Å². The minimum Gasteiger partial charge on any atom is -0.306 e. The Hall–Kier alpha value is -1.09. The molecule has 2 aromatic rings. The summed E-state index contributed by atoms with van der Waals surface area (Å²) in [6.07, 6.45) is 0. The predicted molar refractivity (Wildman–Crippen MR) is 71.5 cm³/mol. The molecule has 0 fully saturated rings. The highest BCUT2D eigenvalue weighted by atomic mass is 35.5. The van der Waals surface area contributed by atoms with Gasteiger partial charge in [0.1, 0.15) is 11.3 Å². The lowest BCUT2D eigenvalue weighted by atomic mass is 10.1. The van der Waals surface area contributed by atoms with Gasteiger partial charge < -0.3 is 4.57 Å². The number of pyridine rings is 1. The van der Waals surface area contributed by atoms with Crippen LogP contribution in [0.2, 0.25) is 0 Å². The molecular weight excluding hydrogens is 234 g/mol. The molecule has 0 spiro atoms. The SMILES string of the molecule is Cc1ccc2nc(C(C)Cl)n(C(C)(C)C)c2n1. The van der Waals surface area contributed by atoms with Crippen LogP contribution in [0.4, 0.5) is 0 Å². The standard InChI is InChI=1S/C13H18ClN3/c1-8-6-7-10-12(15-8)17(13(3,4)5)11(16-10)9(2)14/h6-7,9H,1-5H3. The van der Waals surface area contributed by atoms with E-state index in [1.165, 1.54) is 0 Å². The first kappa shape index (κ1) is 12.4. The van der Waals surface area contributed by atoms with Crippen LogP contribution < -0.4 is 0 Å². The van der Waals surface area contributed by atoms with Crippen molar-refractivity contribution in [1.82, 2.24) is 14.5 Å². The van der Waals surface area contributed by atoms with Crippen molar-refractivity contribution in [3.05, 3.63) is 23.7 Å². The van der Waals surface area contributed by atoms with Gasteiger partial charge in [0.15, 0.2) is 5.65 Å². The molecule has 1 atom stereocenters. The summed E-state index contributed by atoms with van der Waals surface area (Å²) in [5.74, 6) is 0.882. The lowest BCUT2D eigenvalue weighted by molar-refractivity contribution is 0.391. The summed E-state index contributed by atoms with van der Waals surface area (Å²) in [5.41, 5.74) is 2.75. The van der Waals surface area contributed by atoms with Crippen LogP contribution in [0.25, 0.3) is 11.2 Å². The highest BCUT2D eigenvalue weighted by molar-refractivity contribution is 6.20. The molecule has 0 aromatic carbocycles. The molecule has 1 unspecified atom stereocenters. The zero-order valence-corrected chi connectivity index (χ0v) is 11.7. The van der Waals surface area contributed by atoms with Crippen molar-refractivity contribution in [1.29, 1.82) is 0 Å². The fourth-order valence-electron chi connectivity index (χ4n) is 2.00. The van der Waals surface area contributed by atoms with Gasteiger partial charge in [-0.05, 0) is 46.8 Å². The molecule has 2 rings (SSSR count). The number of hydrogen-bond donors (Lipinski definition) is 0. The maximum absolute atomic E-state index is 6.21. The number of hydrogen-bond acceptors (Lipinski definition) is 2. The highest BCUT2D eigenvalue weighted by Crippen LogP contribution is 2.29. The smallest absolute Gasteiger partial charge is 0.160 e. The molecule has 0 amide bonds. The maximum Gasteiger partial charge on any atom is 0.160 e.